The molecule has 12 heteroatoms. The highest BCUT2D eigenvalue weighted by Gasteiger charge is 2.29. The minimum Gasteiger partial charge on any atom is -0.481 e. The third kappa shape index (κ3) is 13.3. The molecule has 3 amide bonds. The maximum atomic E-state index is 13.7. The summed E-state index contributed by atoms with van der Waals surface area (Å²) in [5.74, 6) is -2.29. The molecule has 0 aliphatic rings. The molecule has 45 heavy (non-hydrogen) atoms. The van der Waals surface area contributed by atoms with Gasteiger partial charge in [-0.3, -0.25) is 9.59 Å². The Labute approximate surface area is 264 Å². The molecule has 0 aliphatic heterocycles. The minimum absolute atomic E-state index is 0.00286. The molecule has 0 radical (unpaired) electrons. The van der Waals surface area contributed by atoms with Crippen LogP contribution in [0.25, 0.3) is 0 Å². The van der Waals surface area contributed by atoms with Crippen LogP contribution in [0.3, 0.4) is 0 Å². The Kier molecular flexibility index (Phi) is 14.8. The van der Waals surface area contributed by atoms with Gasteiger partial charge in [-0.2, -0.15) is 0 Å². The highest BCUT2D eigenvalue weighted by Crippen LogP contribution is 2.22. The van der Waals surface area contributed by atoms with E-state index in [-0.39, 0.29) is 24.2 Å². The van der Waals surface area contributed by atoms with Crippen LogP contribution in [0.1, 0.15) is 68.4 Å². The largest absolute Gasteiger partial charge is 0.481 e. The summed E-state index contributed by atoms with van der Waals surface area (Å²) in [6, 6.07) is 11.6. The fraction of sp³-hybridized carbons (Fsp3) is 0.485. The van der Waals surface area contributed by atoms with Gasteiger partial charge in [-0.05, 0) is 50.5 Å². The average Bonchev–Trinajstić information content (AvgIpc) is 3.00. The zero-order valence-electron chi connectivity index (χ0n) is 26.9. The van der Waals surface area contributed by atoms with Crippen molar-refractivity contribution in [3.8, 4) is 5.75 Å². The predicted molar refractivity (Wildman–Crippen MR) is 167 cm³/mol. The van der Waals surface area contributed by atoms with Crippen molar-refractivity contribution in [1.29, 1.82) is 0 Å². The van der Waals surface area contributed by atoms with Crippen LogP contribution < -0.4 is 20.7 Å². The van der Waals surface area contributed by atoms with E-state index in [0.717, 1.165) is 24.8 Å². The number of methoxy groups -OCH3 is 2. The van der Waals surface area contributed by atoms with E-state index in [4.69, 9.17) is 14.2 Å². The van der Waals surface area contributed by atoms with E-state index in [1.165, 1.54) is 26.4 Å². The smallest absolute Gasteiger partial charge is 0.408 e. The summed E-state index contributed by atoms with van der Waals surface area (Å²) in [5.41, 5.74) is 0.540. The van der Waals surface area contributed by atoms with Crippen LogP contribution in [0, 0.1) is 0 Å². The molecule has 2 aromatic carbocycles. The molecule has 0 heterocycles. The minimum atomic E-state index is -1.06. The van der Waals surface area contributed by atoms with E-state index in [0.29, 0.717) is 12.1 Å². The number of alkyl carbamates (subject to hydrolysis) is 1. The number of nitrogens with one attached hydrogen (secondary N) is 3. The second-order valence-corrected chi connectivity index (χ2v) is 11.3. The van der Waals surface area contributed by atoms with E-state index in [2.05, 4.69) is 20.7 Å². The van der Waals surface area contributed by atoms with Crippen molar-refractivity contribution in [3.05, 3.63) is 65.2 Å². The fourth-order valence-corrected chi connectivity index (χ4v) is 4.23. The standard InChI is InChI=1S/C33H45N3O9/c1-7-8-12-17-34-29(38)25(20-23-15-16-27(44-21-28(37)42-5)24(18-23)31(40)43-6)35-30(39)26(19-22-13-10-9-11-14-22)36-32(41)45-33(2,3)4/h9-11,13-16,18,25-26H,7-8,12,17,19-21H2,1-6H3,(H,34,38)(H,35,39)(H,36,41)/t25-,26+/m0/s1. The summed E-state index contributed by atoms with van der Waals surface area (Å²) in [7, 11) is 2.42. The number of hydrogen-bond acceptors (Lipinski definition) is 9. The number of esters is 2. The molecule has 0 bridgehead atoms. The van der Waals surface area contributed by atoms with Crippen LogP contribution in [0.2, 0.25) is 0 Å². The number of carbonyl (C=O) groups is 5. The van der Waals surface area contributed by atoms with Crippen LogP contribution in [0.15, 0.2) is 48.5 Å². The van der Waals surface area contributed by atoms with Crippen molar-refractivity contribution in [2.45, 2.75) is 77.5 Å². The molecule has 0 fully saturated rings. The molecule has 2 aromatic rings. The van der Waals surface area contributed by atoms with Crippen molar-refractivity contribution >= 4 is 29.8 Å². The lowest BCUT2D eigenvalue weighted by molar-refractivity contribution is -0.143. The van der Waals surface area contributed by atoms with Gasteiger partial charge in [0.15, 0.2) is 6.61 Å². The maximum Gasteiger partial charge on any atom is 0.408 e. The molecule has 246 valence electrons. The van der Waals surface area contributed by atoms with Crippen molar-refractivity contribution in [2.24, 2.45) is 0 Å². The average molecular weight is 628 g/mol. The molecule has 12 nitrogen and oxygen atoms in total. The summed E-state index contributed by atoms with van der Waals surface area (Å²) < 4.78 is 20.3. The monoisotopic (exact) mass is 627 g/mol. The van der Waals surface area contributed by atoms with Gasteiger partial charge in [-0.25, -0.2) is 14.4 Å². The van der Waals surface area contributed by atoms with Gasteiger partial charge in [0.25, 0.3) is 0 Å². The molecule has 0 unspecified atom stereocenters. The number of amides is 3. The van der Waals surface area contributed by atoms with Crippen LogP contribution in [0.4, 0.5) is 4.79 Å². The number of rotatable bonds is 16. The van der Waals surface area contributed by atoms with Gasteiger partial charge in [-0.1, -0.05) is 56.2 Å². The Morgan fingerprint density at radius 2 is 1.47 bits per heavy atom. The lowest BCUT2D eigenvalue weighted by Gasteiger charge is -2.25. The van der Waals surface area contributed by atoms with Crippen molar-refractivity contribution < 1.29 is 42.9 Å². The first-order valence-corrected chi connectivity index (χ1v) is 14.9. The van der Waals surface area contributed by atoms with Crippen molar-refractivity contribution in [3.63, 3.8) is 0 Å². The third-order valence-electron chi connectivity index (χ3n) is 6.46. The summed E-state index contributed by atoms with van der Waals surface area (Å²) in [6.45, 7) is 7.18. The number of hydrogen-bond donors (Lipinski definition) is 3. The van der Waals surface area contributed by atoms with Gasteiger partial charge in [0, 0.05) is 19.4 Å². The van der Waals surface area contributed by atoms with Gasteiger partial charge >= 0.3 is 18.0 Å². The van der Waals surface area contributed by atoms with Gasteiger partial charge in [0.05, 0.1) is 14.2 Å². The molecule has 0 spiro atoms. The Bertz CT molecular complexity index is 1290. The quantitative estimate of drug-likeness (QED) is 0.144. The summed E-state index contributed by atoms with van der Waals surface area (Å²) in [6.07, 6.45) is 2.02. The molecule has 3 N–H and O–H groups in total. The van der Waals surface area contributed by atoms with E-state index in [9.17, 15) is 24.0 Å². The number of carbonyl (C=O) groups excluding carboxylic acids is 5. The highest BCUT2D eigenvalue weighted by molar-refractivity contribution is 5.93. The highest BCUT2D eigenvalue weighted by atomic mass is 16.6. The Hall–Kier alpha value is -4.61. The van der Waals surface area contributed by atoms with Crippen LogP contribution in [0.5, 0.6) is 5.75 Å². The third-order valence-corrected chi connectivity index (χ3v) is 6.46. The Balaban J connectivity index is 2.37. The first-order valence-electron chi connectivity index (χ1n) is 14.9. The van der Waals surface area contributed by atoms with Gasteiger partial charge < -0.3 is 34.9 Å². The molecule has 0 aromatic heterocycles. The molecular weight excluding hydrogens is 582 g/mol. The number of benzene rings is 2. The Morgan fingerprint density at radius 1 is 0.800 bits per heavy atom. The topological polar surface area (TPSA) is 158 Å². The molecule has 2 rings (SSSR count). The van der Waals surface area contributed by atoms with Crippen molar-refractivity contribution in [1.82, 2.24) is 16.0 Å². The van der Waals surface area contributed by atoms with Gasteiger partial charge in [0.1, 0.15) is 29.0 Å². The summed E-state index contributed by atoms with van der Waals surface area (Å²) >= 11 is 0. The van der Waals surface area contributed by atoms with Crippen molar-refractivity contribution in [2.75, 3.05) is 27.4 Å². The first kappa shape index (κ1) is 36.6. The van der Waals surface area contributed by atoms with E-state index < -0.39 is 54.1 Å². The second kappa shape index (κ2) is 18.3. The summed E-state index contributed by atoms with van der Waals surface area (Å²) in [5, 5.41) is 8.30. The van der Waals surface area contributed by atoms with E-state index in [1.54, 1.807) is 26.8 Å². The zero-order valence-corrected chi connectivity index (χ0v) is 26.9. The summed E-state index contributed by atoms with van der Waals surface area (Å²) in [4.78, 5) is 63.9. The van der Waals surface area contributed by atoms with E-state index >= 15 is 0 Å². The molecule has 2 atom stereocenters. The molecule has 0 saturated carbocycles. The molecule has 0 saturated heterocycles. The number of ether oxygens (including phenoxy) is 4. The lowest BCUT2D eigenvalue weighted by Crippen LogP contribution is -2.55. The van der Waals surface area contributed by atoms with Gasteiger partial charge in [-0.15, -0.1) is 0 Å². The van der Waals surface area contributed by atoms with Crippen LogP contribution >= 0.6 is 0 Å². The molecular formula is C33H45N3O9. The predicted octanol–water partition coefficient (Wildman–Crippen LogP) is 3.49. The first-order chi connectivity index (χ1) is 21.4. The van der Waals surface area contributed by atoms with Crippen LogP contribution in [-0.2, 0) is 41.4 Å². The second-order valence-electron chi connectivity index (χ2n) is 11.3. The Morgan fingerprint density at radius 3 is 2.09 bits per heavy atom. The lowest BCUT2D eigenvalue weighted by atomic mass is 10.0. The van der Waals surface area contributed by atoms with E-state index in [1.807, 2.05) is 37.3 Å². The SMILES string of the molecule is CCCCCNC(=O)[C@H](Cc1ccc(OCC(=O)OC)c(C(=O)OC)c1)NC(=O)[C@@H](Cc1ccccc1)NC(=O)OC(C)(C)C. The molecule has 0 aliphatic carbocycles. The number of unbranched alkanes of at least 4 members (excludes halogenated alkanes) is 2. The normalized spacial score (nSPS) is 12.2. The fourth-order valence-electron chi connectivity index (χ4n) is 4.23. The van der Waals surface area contributed by atoms with Gasteiger partial charge in [0.2, 0.25) is 11.8 Å². The van der Waals surface area contributed by atoms with Crippen LogP contribution in [-0.4, -0.2) is 74.9 Å². The maximum absolute atomic E-state index is 13.7. The zero-order chi connectivity index (χ0) is 33.4.